The molecule has 0 unspecified atom stereocenters. The van der Waals surface area contributed by atoms with Crippen LogP contribution < -0.4 is 5.73 Å². The molecule has 3 aromatic rings. The van der Waals surface area contributed by atoms with Gasteiger partial charge in [0.1, 0.15) is 5.82 Å². The molecule has 1 heterocycles. The summed E-state index contributed by atoms with van der Waals surface area (Å²) < 4.78 is 15.4. The summed E-state index contributed by atoms with van der Waals surface area (Å²) in [6, 6.07) is 14.9. The van der Waals surface area contributed by atoms with Gasteiger partial charge in [-0.05, 0) is 34.9 Å². The summed E-state index contributed by atoms with van der Waals surface area (Å²) in [5, 5.41) is 4.34. The molecule has 1 aromatic heterocycles. The Morgan fingerprint density at radius 3 is 2.57 bits per heavy atom. The topological polar surface area (TPSA) is 43.8 Å². The van der Waals surface area contributed by atoms with Crippen LogP contribution in [-0.4, -0.2) is 9.78 Å². The Morgan fingerprint density at radius 1 is 1.00 bits per heavy atom. The van der Waals surface area contributed by atoms with E-state index in [0.717, 1.165) is 16.7 Å². The molecular weight excluding hydrogens is 265 g/mol. The average molecular weight is 281 g/mol. The first-order valence-electron chi connectivity index (χ1n) is 6.81. The van der Waals surface area contributed by atoms with Crippen LogP contribution in [0.25, 0.3) is 11.1 Å². The predicted molar refractivity (Wildman–Crippen MR) is 81.1 cm³/mol. The van der Waals surface area contributed by atoms with Gasteiger partial charge in [-0.15, -0.1) is 0 Å². The summed E-state index contributed by atoms with van der Waals surface area (Å²) >= 11 is 0. The fraction of sp³-hybridized carbons (Fsp3) is 0.118. The van der Waals surface area contributed by atoms with Crippen LogP contribution in [0.1, 0.15) is 11.1 Å². The average Bonchev–Trinajstić information content (AvgIpc) is 2.96. The van der Waals surface area contributed by atoms with Crippen molar-refractivity contribution in [1.29, 1.82) is 0 Å². The molecule has 0 fully saturated rings. The lowest BCUT2D eigenvalue weighted by Gasteiger charge is -2.03. The molecule has 0 amide bonds. The highest BCUT2D eigenvalue weighted by atomic mass is 19.1. The number of aromatic nitrogens is 2. The normalized spacial score (nSPS) is 10.8. The van der Waals surface area contributed by atoms with Crippen molar-refractivity contribution in [2.75, 3.05) is 0 Å². The van der Waals surface area contributed by atoms with E-state index < -0.39 is 0 Å². The van der Waals surface area contributed by atoms with E-state index in [9.17, 15) is 4.39 Å². The van der Waals surface area contributed by atoms with Crippen molar-refractivity contribution in [3.8, 4) is 11.1 Å². The number of benzene rings is 2. The van der Waals surface area contributed by atoms with Crippen molar-refractivity contribution in [2.24, 2.45) is 5.73 Å². The lowest BCUT2D eigenvalue weighted by molar-refractivity contribution is 0.626. The van der Waals surface area contributed by atoms with Crippen molar-refractivity contribution in [1.82, 2.24) is 9.78 Å². The second-order valence-corrected chi connectivity index (χ2v) is 4.96. The predicted octanol–water partition coefficient (Wildman–Crippen LogP) is 3.20. The van der Waals surface area contributed by atoms with Gasteiger partial charge in [-0.3, -0.25) is 4.68 Å². The van der Waals surface area contributed by atoms with Gasteiger partial charge in [0.2, 0.25) is 0 Å². The van der Waals surface area contributed by atoms with Crippen LogP contribution in [0.2, 0.25) is 0 Å². The summed E-state index contributed by atoms with van der Waals surface area (Å²) in [6.45, 7) is 1.02. The maximum absolute atomic E-state index is 13.6. The first-order valence-corrected chi connectivity index (χ1v) is 6.81. The van der Waals surface area contributed by atoms with Gasteiger partial charge < -0.3 is 5.73 Å². The second-order valence-electron chi connectivity index (χ2n) is 4.96. The Labute approximate surface area is 122 Å². The highest BCUT2D eigenvalue weighted by Gasteiger charge is 2.06. The van der Waals surface area contributed by atoms with Crippen LogP contribution in [0, 0.1) is 5.82 Å². The lowest BCUT2D eigenvalue weighted by Crippen LogP contribution is -1.99. The first kappa shape index (κ1) is 13.5. The zero-order valence-electron chi connectivity index (χ0n) is 11.5. The van der Waals surface area contributed by atoms with E-state index in [2.05, 4.69) is 17.2 Å². The molecule has 4 heteroatoms. The van der Waals surface area contributed by atoms with Gasteiger partial charge in [0, 0.05) is 18.3 Å². The fourth-order valence-corrected chi connectivity index (χ4v) is 2.30. The Balaban J connectivity index is 1.86. The minimum Gasteiger partial charge on any atom is -0.326 e. The summed E-state index contributed by atoms with van der Waals surface area (Å²) in [6.07, 6.45) is 3.67. The number of rotatable bonds is 4. The molecule has 0 aliphatic rings. The van der Waals surface area contributed by atoms with Gasteiger partial charge in [-0.2, -0.15) is 5.10 Å². The van der Waals surface area contributed by atoms with Crippen molar-refractivity contribution in [3.05, 3.63) is 77.9 Å². The van der Waals surface area contributed by atoms with E-state index in [0.29, 0.717) is 13.1 Å². The van der Waals surface area contributed by atoms with Crippen LogP contribution in [0.5, 0.6) is 0 Å². The Kier molecular flexibility index (Phi) is 3.79. The standard InChI is InChI=1S/C17H16FN3/c18-17-7-14(9-19)6-15(8-17)16-10-20-21(12-16)11-13-4-2-1-3-5-13/h1-8,10,12H,9,11,19H2. The highest BCUT2D eigenvalue weighted by Crippen LogP contribution is 2.21. The van der Waals surface area contributed by atoms with Crippen molar-refractivity contribution in [3.63, 3.8) is 0 Å². The molecule has 0 radical (unpaired) electrons. The third-order valence-electron chi connectivity index (χ3n) is 3.35. The minimum absolute atomic E-state index is 0.274. The molecule has 106 valence electrons. The smallest absolute Gasteiger partial charge is 0.124 e. The quantitative estimate of drug-likeness (QED) is 0.798. The summed E-state index contributed by atoms with van der Waals surface area (Å²) in [5.74, 6) is -0.274. The number of hydrogen-bond acceptors (Lipinski definition) is 2. The van der Waals surface area contributed by atoms with Crippen LogP contribution in [-0.2, 0) is 13.1 Å². The third kappa shape index (κ3) is 3.17. The van der Waals surface area contributed by atoms with Gasteiger partial charge in [0.15, 0.2) is 0 Å². The van der Waals surface area contributed by atoms with E-state index in [1.807, 2.05) is 35.1 Å². The summed E-state index contributed by atoms with van der Waals surface area (Å²) in [4.78, 5) is 0. The third-order valence-corrected chi connectivity index (χ3v) is 3.35. The molecule has 0 aliphatic heterocycles. The molecule has 0 bridgehead atoms. The SMILES string of the molecule is NCc1cc(F)cc(-c2cnn(Cc3ccccc3)c2)c1. The Morgan fingerprint density at radius 2 is 1.81 bits per heavy atom. The number of halogens is 1. The van der Waals surface area contributed by atoms with E-state index in [4.69, 9.17) is 5.73 Å². The molecule has 3 nitrogen and oxygen atoms in total. The first-order chi connectivity index (χ1) is 10.2. The Bertz CT molecular complexity index is 735. The molecule has 2 aromatic carbocycles. The largest absolute Gasteiger partial charge is 0.326 e. The molecule has 0 spiro atoms. The molecule has 3 rings (SSSR count). The van der Waals surface area contributed by atoms with Gasteiger partial charge in [0.25, 0.3) is 0 Å². The van der Waals surface area contributed by atoms with Gasteiger partial charge in [-0.1, -0.05) is 30.3 Å². The molecule has 0 saturated heterocycles. The molecule has 2 N–H and O–H groups in total. The van der Waals surface area contributed by atoms with E-state index in [1.165, 1.54) is 17.7 Å². The van der Waals surface area contributed by atoms with Gasteiger partial charge >= 0.3 is 0 Å². The van der Waals surface area contributed by atoms with E-state index in [-0.39, 0.29) is 5.82 Å². The van der Waals surface area contributed by atoms with Crippen molar-refractivity contribution in [2.45, 2.75) is 13.1 Å². The van der Waals surface area contributed by atoms with Crippen molar-refractivity contribution < 1.29 is 4.39 Å². The lowest BCUT2D eigenvalue weighted by atomic mass is 10.1. The number of nitrogens with two attached hydrogens (primary N) is 1. The molecular formula is C17H16FN3. The van der Waals surface area contributed by atoms with Crippen LogP contribution in [0.3, 0.4) is 0 Å². The Hall–Kier alpha value is -2.46. The van der Waals surface area contributed by atoms with E-state index in [1.54, 1.807) is 6.20 Å². The fourth-order valence-electron chi connectivity index (χ4n) is 2.30. The zero-order valence-corrected chi connectivity index (χ0v) is 11.5. The van der Waals surface area contributed by atoms with Crippen molar-refractivity contribution >= 4 is 0 Å². The second kappa shape index (κ2) is 5.89. The molecule has 21 heavy (non-hydrogen) atoms. The summed E-state index contributed by atoms with van der Waals surface area (Å²) in [7, 11) is 0. The zero-order chi connectivity index (χ0) is 14.7. The molecule has 0 atom stereocenters. The van der Waals surface area contributed by atoms with Crippen LogP contribution >= 0.6 is 0 Å². The number of hydrogen-bond donors (Lipinski definition) is 1. The maximum Gasteiger partial charge on any atom is 0.124 e. The molecule has 0 aliphatic carbocycles. The molecule has 0 saturated carbocycles. The number of nitrogens with zero attached hydrogens (tertiary/aromatic N) is 2. The monoisotopic (exact) mass is 281 g/mol. The van der Waals surface area contributed by atoms with Gasteiger partial charge in [-0.25, -0.2) is 4.39 Å². The summed E-state index contributed by atoms with van der Waals surface area (Å²) in [5.41, 5.74) is 9.23. The van der Waals surface area contributed by atoms with Crippen LogP contribution in [0.15, 0.2) is 60.9 Å². The van der Waals surface area contributed by atoms with Crippen LogP contribution in [0.4, 0.5) is 4.39 Å². The maximum atomic E-state index is 13.6. The highest BCUT2D eigenvalue weighted by molar-refractivity contribution is 5.62. The van der Waals surface area contributed by atoms with E-state index >= 15 is 0 Å². The minimum atomic E-state index is -0.274. The van der Waals surface area contributed by atoms with Gasteiger partial charge in [0.05, 0.1) is 12.7 Å².